The smallest absolute Gasteiger partial charge is 0.145 e. The number of rotatable bonds is 1. The van der Waals surface area contributed by atoms with Gasteiger partial charge in [0.15, 0.2) is 0 Å². The summed E-state index contributed by atoms with van der Waals surface area (Å²) >= 11 is 0. The molecule has 1 nitrogen and oxygen atoms in total. The van der Waals surface area contributed by atoms with Crippen molar-refractivity contribution in [2.24, 2.45) is 17.3 Å². The predicted molar refractivity (Wildman–Crippen MR) is 67.1 cm³/mol. The van der Waals surface area contributed by atoms with Crippen molar-refractivity contribution < 1.29 is 4.79 Å². The van der Waals surface area contributed by atoms with Gasteiger partial charge in [-0.3, -0.25) is 4.79 Å². The van der Waals surface area contributed by atoms with E-state index in [2.05, 4.69) is 32.9 Å². The van der Waals surface area contributed by atoms with Crippen LogP contribution in [0.15, 0.2) is 23.3 Å². The first kappa shape index (κ1) is 11.6. The summed E-state index contributed by atoms with van der Waals surface area (Å²) in [5.41, 5.74) is 2.92. The van der Waals surface area contributed by atoms with Gasteiger partial charge in [-0.2, -0.15) is 0 Å². The molecular formula is C15H22O. The molecule has 0 radical (unpaired) electrons. The van der Waals surface area contributed by atoms with Crippen LogP contribution in [0.3, 0.4) is 0 Å². The van der Waals surface area contributed by atoms with Gasteiger partial charge in [-0.1, -0.05) is 31.6 Å². The first-order valence-electron chi connectivity index (χ1n) is 6.37. The molecule has 0 amide bonds. The molecule has 0 N–H and O–H groups in total. The lowest BCUT2D eigenvalue weighted by Crippen LogP contribution is -1.91. The Balaban J connectivity index is 2.18. The van der Waals surface area contributed by atoms with Crippen LogP contribution < -0.4 is 0 Å². The molecule has 0 saturated heterocycles. The van der Waals surface area contributed by atoms with Crippen LogP contribution in [0.4, 0.5) is 0 Å². The van der Waals surface area contributed by atoms with Crippen molar-refractivity contribution in [2.75, 3.05) is 0 Å². The van der Waals surface area contributed by atoms with Gasteiger partial charge in [-0.25, -0.2) is 0 Å². The van der Waals surface area contributed by atoms with E-state index in [1.54, 1.807) is 0 Å². The zero-order valence-corrected chi connectivity index (χ0v) is 10.6. The third-order valence-electron chi connectivity index (χ3n) is 4.46. The molecule has 0 bridgehead atoms. The summed E-state index contributed by atoms with van der Waals surface area (Å²) in [7, 11) is 0. The quantitative estimate of drug-likeness (QED) is 0.482. The third kappa shape index (κ3) is 2.14. The number of hydrogen-bond acceptors (Lipinski definition) is 1. The third-order valence-corrected chi connectivity index (χ3v) is 4.46. The average Bonchev–Trinajstić information content (AvgIpc) is 2.76. The minimum atomic E-state index is 0.416. The summed E-state index contributed by atoms with van der Waals surface area (Å²) in [5, 5.41) is 0. The van der Waals surface area contributed by atoms with Crippen molar-refractivity contribution in [1.29, 1.82) is 0 Å². The van der Waals surface area contributed by atoms with E-state index in [1.807, 2.05) is 0 Å². The maximum atomic E-state index is 11.0. The van der Waals surface area contributed by atoms with Gasteiger partial charge in [0.1, 0.15) is 6.29 Å². The molecule has 1 fully saturated rings. The Labute approximate surface area is 98.6 Å². The number of fused-ring (bicyclic) bond motifs is 1. The molecule has 0 heterocycles. The van der Waals surface area contributed by atoms with Gasteiger partial charge in [0.25, 0.3) is 0 Å². The molecule has 88 valence electrons. The topological polar surface area (TPSA) is 17.1 Å². The SMILES string of the molecule is C/C1=C/CC/C(C=O)=C\C2C(CC1)C2(C)C. The van der Waals surface area contributed by atoms with Gasteiger partial charge in [0.2, 0.25) is 0 Å². The number of carbonyl (C=O) groups excluding carboxylic acids is 1. The standard InChI is InChI=1S/C15H22O/c1-11-5-4-6-12(10-16)9-14-13(8-7-11)15(14,2)3/h5,9-10,13-14H,4,6-8H2,1-3H3/b11-5-,12-9+. The molecule has 0 aromatic heterocycles. The largest absolute Gasteiger partial charge is 0.298 e. The predicted octanol–water partition coefficient (Wildman–Crippen LogP) is 3.90. The van der Waals surface area contributed by atoms with E-state index in [0.717, 1.165) is 30.6 Å². The van der Waals surface area contributed by atoms with E-state index in [9.17, 15) is 4.79 Å². The number of hydrogen-bond donors (Lipinski definition) is 0. The molecule has 1 heteroatoms. The molecule has 0 aromatic carbocycles. The highest BCUT2D eigenvalue weighted by Gasteiger charge is 2.55. The fraction of sp³-hybridized carbons (Fsp3) is 0.667. The Kier molecular flexibility index (Phi) is 3.05. The Hall–Kier alpha value is -0.850. The molecular weight excluding hydrogens is 196 g/mol. The summed E-state index contributed by atoms with van der Waals surface area (Å²) in [6.07, 6.45) is 10.0. The summed E-state index contributed by atoms with van der Waals surface area (Å²) in [6, 6.07) is 0. The Morgan fingerprint density at radius 2 is 2.12 bits per heavy atom. The first-order chi connectivity index (χ1) is 7.55. The molecule has 1 saturated carbocycles. The molecule has 2 atom stereocenters. The van der Waals surface area contributed by atoms with Crippen molar-refractivity contribution in [1.82, 2.24) is 0 Å². The van der Waals surface area contributed by atoms with Crippen LogP contribution in [0.25, 0.3) is 0 Å². The number of carbonyl (C=O) groups is 1. The molecule has 0 aliphatic heterocycles. The van der Waals surface area contributed by atoms with Gasteiger partial charge in [0.05, 0.1) is 0 Å². The summed E-state index contributed by atoms with van der Waals surface area (Å²) < 4.78 is 0. The van der Waals surface area contributed by atoms with E-state index < -0.39 is 0 Å². The van der Waals surface area contributed by atoms with Crippen molar-refractivity contribution in [2.45, 2.75) is 46.5 Å². The lowest BCUT2D eigenvalue weighted by Gasteiger charge is -2.04. The van der Waals surface area contributed by atoms with Crippen LogP contribution in [0.1, 0.15) is 46.5 Å². The minimum absolute atomic E-state index is 0.416. The lowest BCUT2D eigenvalue weighted by molar-refractivity contribution is -0.105. The van der Waals surface area contributed by atoms with Crippen LogP contribution >= 0.6 is 0 Å². The van der Waals surface area contributed by atoms with Gasteiger partial charge >= 0.3 is 0 Å². The minimum Gasteiger partial charge on any atom is -0.298 e. The van der Waals surface area contributed by atoms with Crippen LogP contribution in [-0.2, 0) is 4.79 Å². The number of aldehydes is 1. The van der Waals surface area contributed by atoms with Gasteiger partial charge in [-0.15, -0.1) is 0 Å². The van der Waals surface area contributed by atoms with E-state index in [4.69, 9.17) is 0 Å². The van der Waals surface area contributed by atoms with Crippen LogP contribution in [0.5, 0.6) is 0 Å². The van der Waals surface area contributed by atoms with E-state index in [0.29, 0.717) is 11.3 Å². The molecule has 2 aliphatic carbocycles. The molecule has 2 rings (SSSR count). The van der Waals surface area contributed by atoms with E-state index in [-0.39, 0.29) is 0 Å². The Morgan fingerprint density at radius 1 is 1.38 bits per heavy atom. The van der Waals surface area contributed by atoms with Gasteiger partial charge in [-0.05, 0) is 55.4 Å². The van der Waals surface area contributed by atoms with E-state index in [1.165, 1.54) is 18.4 Å². The maximum Gasteiger partial charge on any atom is 0.145 e. The van der Waals surface area contributed by atoms with Crippen molar-refractivity contribution >= 4 is 6.29 Å². The molecule has 0 spiro atoms. The average molecular weight is 218 g/mol. The fourth-order valence-electron chi connectivity index (χ4n) is 3.05. The van der Waals surface area contributed by atoms with Gasteiger partial charge < -0.3 is 0 Å². The normalized spacial score (nSPS) is 39.7. The van der Waals surface area contributed by atoms with Crippen LogP contribution in [-0.4, -0.2) is 6.29 Å². The Bertz CT molecular complexity index is 346. The molecule has 0 aromatic rings. The van der Waals surface area contributed by atoms with Crippen molar-refractivity contribution in [3.63, 3.8) is 0 Å². The summed E-state index contributed by atoms with van der Waals surface area (Å²) in [4.78, 5) is 11.0. The Morgan fingerprint density at radius 3 is 2.81 bits per heavy atom. The highest BCUT2D eigenvalue weighted by atomic mass is 16.1. The zero-order chi connectivity index (χ0) is 11.8. The van der Waals surface area contributed by atoms with Crippen LogP contribution in [0.2, 0.25) is 0 Å². The van der Waals surface area contributed by atoms with Crippen LogP contribution in [0, 0.1) is 17.3 Å². The van der Waals surface area contributed by atoms with Crippen molar-refractivity contribution in [3.05, 3.63) is 23.3 Å². The lowest BCUT2D eigenvalue weighted by atomic mass is 10.0. The highest BCUT2D eigenvalue weighted by Crippen LogP contribution is 2.61. The second-order valence-corrected chi connectivity index (χ2v) is 5.94. The molecule has 2 aliphatic rings. The van der Waals surface area contributed by atoms with Gasteiger partial charge in [0, 0.05) is 0 Å². The maximum absolute atomic E-state index is 11.0. The van der Waals surface area contributed by atoms with E-state index >= 15 is 0 Å². The second kappa shape index (κ2) is 4.20. The number of allylic oxidation sites excluding steroid dienone is 4. The fourth-order valence-corrected chi connectivity index (χ4v) is 3.05. The highest BCUT2D eigenvalue weighted by molar-refractivity contribution is 5.73. The molecule has 2 unspecified atom stereocenters. The second-order valence-electron chi connectivity index (χ2n) is 5.94. The monoisotopic (exact) mass is 218 g/mol. The van der Waals surface area contributed by atoms with Crippen molar-refractivity contribution in [3.8, 4) is 0 Å². The zero-order valence-electron chi connectivity index (χ0n) is 10.6. The molecule has 16 heavy (non-hydrogen) atoms. The first-order valence-corrected chi connectivity index (χ1v) is 6.37. The summed E-state index contributed by atoms with van der Waals surface area (Å²) in [6.45, 7) is 6.88. The summed E-state index contributed by atoms with van der Waals surface area (Å²) in [5.74, 6) is 1.42.